The summed E-state index contributed by atoms with van der Waals surface area (Å²) in [6.45, 7) is 0.0162. The highest BCUT2D eigenvalue weighted by molar-refractivity contribution is 5.97. The zero-order valence-corrected chi connectivity index (χ0v) is 18.4. The van der Waals surface area contributed by atoms with Crippen molar-refractivity contribution in [2.24, 2.45) is 0 Å². The van der Waals surface area contributed by atoms with Gasteiger partial charge in [-0.2, -0.15) is 0 Å². The lowest BCUT2D eigenvalue weighted by Gasteiger charge is -2.27. The van der Waals surface area contributed by atoms with E-state index in [2.05, 4.69) is 10.6 Å². The Morgan fingerprint density at radius 1 is 0.812 bits per heavy atom. The Labute approximate surface area is 188 Å². The summed E-state index contributed by atoms with van der Waals surface area (Å²) in [5.74, 6) is 0.804. The van der Waals surface area contributed by atoms with Crippen LogP contribution in [-0.4, -0.2) is 44.5 Å². The van der Waals surface area contributed by atoms with E-state index in [0.717, 1.165) is 5.56 Å². The fraction of sp³-hybridized carbons (Fsp3) is 0.200. The number of anilines is 2. The van der Waals surface area contributed by atoms with E-state index in [4.69, 9.17) is 9.47 Å². The van der Waals surface area contributed by atoms with Crippen molar-refractivity contribution in [2.45, 2.75) is 6.04 Å². The second-order valence-corrected chi connectivity index (χ2v) is 7.23. The number of nitrogens with zero attached hydrogens (tertiary/aromatic N) is 1. The molecule has 32 heavy (non-hydrogen) atoms. The Morgan fingerprint density at radius 3 is 1.94 bits per heavy atom. The molecule has 0 radical (unpaired) electrons. The number of amides is 2. The lowest BCUT2D eigenvalue weighted by molar-refractivity contribution is -0.123. The molecule has 0 saturated heterocycles. The second-order valence-electron chi connectivity index (χ2n) is 7.23. The molecule has 3 aromatic carbocycles. The SMILES string of the molecule is COc1cccc(NC(=O)CN(C)C(C(=O)Nc2cccc(OC)c2)c2ccccc2)c1. The van der Waals surface area contributed by atoms with Crippen molar-refractivity contribution in [3.05, 3.63) is 84.4 Å². The van der Waals surface area contributed by atoms with Crippen LogP contribution in [0.25, 0.3) is 0 Å². The average Bonchev–Trinajstić information content (AvgIpc) is 2.80. The Bertz CT molecular complexity index is 1060. The molecule has 0 aliphatic carbocycles. The quantitative estimate of drug-likeness (QED) is 0.534. The van der Waals surface area contributed by atoms with Crippen LogP contribution in [0.1, 0.15) is 11.6 Å². The van der Waals surface area contributed by atoms with E-state index in [1.807, 2.05) is 30.3 Å². The molecule has 0 aromatic heterocycles. The molecule has 0 saturated carbocycles. The van der Waals surface area contributed by atoms with Crippen LogP contribution < -0.4 is 20.1 Å². The maximum Gasteiger partial charge on any atom is 0.246 e. The van der Waals surface area contributed by atoms with Crippen molar-refractivity contribution in [3.8, 4) is 11.5 Å². The van der Waals surface area contributed by atoms with Gasteiger partial charge in [0.05, 0.1) is 20.8 Å². The van der Waals surface area contributed by atoms with E-state index in [-0.39, 0.29) is 18.4 Å². The molecule has 3 rings (SSSR count). The van der Waals surface area contributed by atoms with Gasteiger partial charge in [-0.25, -0.2) is 0 Å². The largest absolute Gasteiger partial charge is 0.497 e. The van der Waals surface area contributed by atoms with Gasteiger partial charge in [0.1, 0.15) is 17.5 Å². The molecule has 0 aliphatic heterocycles. The molecule has 2 amide bonds. The predicted octanol–water partition coefficient (Wildman–Crippen LogP) is 3.95. The molecule has 0 aliphatic rings. The zero-order valence-electron chi connectivity index (χ0n) is 18.4. The summed E-state index contributed by atoms with van der Waals surface area (Å²) in [6, 6.07) is 22.9. The minimum atomic E-state index is -0.668. The monoisotopic (exact) mass is 433 g/mol. The molecule has 0 bridgehead atoms. The number of carbonyl (C=O) groups excluding carboxylic acids is 2. The van der Waals surface area contributed by atoms with Crippen molar-refractivity contribution in [3.63, 3.8) is 0 Å². The van der Waals surface area contributed by atoms with Gasteiger partial charge >= 0.3 is 0 Å². The number of hydrogen-bond donors (Lipinski definition) is 2. The number of nitrogens with one attached hydrogen (secondary N) is 2. The normalized spacial score (nSPS) is 11.5. The van der Waals surface area contributed by atoms with Gasteiger partial charge in [-0.1, -0.05) is 42.5 Å². The standard InChI is InChI=1S/C25H27N3O4/c1-28(17-23(29)26-19-11-7-13-21(15-19)31-2)24(18-9-5-4-6-10-18)25(30)27-20-12-8-14-22(16-20)32-3/h4-16,24H,17H2,1-3H3,(H,26,29)(H,27,30). The Balaban J connectivity index is 1.75. The first-order valence-electron chi connectivity index (χ1n) is 10.1. The highest BCUT2D eigenvalue weighted by Crippen LogP contribution is 2.24. The number of carbonyl (C=O) groups is 2. The van der Waals surface area contributed by atoms with Crippen molar-refractivity contribution in [1.82, 2.24) is 4.90 Å². The van der Waals surface area contributed by atoms with Gasteiger partial charge in [0, 0.05) is 23.5 Å². The molecule has 2 N–H and O–H groups in total. The number of likely N-dealkylation sites (N-methyl/N-ethyl adjacent to an activating group) is 1. The Morgan fingerprint density at radius 2 is 1.38 bits per heavy atom. The van der Waals surface area contributed by atoms with Gasteiger partial charge in [0.2, 0.25) is 11.8 Å². The van der Waals surface area contributed by atoms with Crippen LogP contribution in [0.4, 0.5) is 11.4 Å². The molecular formula is C25H27N3O4. The molecule has 3 aromatic rings. The molecule has 166 valence electrons. The maximum atomic E-state index is 13.2. The first-order valence-corrected chi connectivity index (χ1v) is 10.1. The molecule has 0 fully saturated rings. The van der Waals surface area contributed by atoms with Crippen molar-refractivity contribution >= 4 is 23.2 Å². The molecule has 0 spiro atoms. The first kappa shape index (κ1) is 22.8. The Kier molecular flexibility index (Phi) is 7.83. The number of hydrogen-bond acceptors (Lipinski definition) is 5. The van der Waals surface area contributed by atoms with Crippen molar-refractivity contribution in [1.29, 1.82) is 0 Å². The fourth-order valence-corrected chi connectivity index (χ4v) is 3.37. The van der Waals surface area contributed by atoms with Gasteiger partial charge < -0.3 is 20.1 Å². The van der Waals surface area contributed by atoms with Crippen LogP contribution in [0.3, 0.4) is 0 Å². The van der Waals surface area contributed by atoms with E-state index < -0.39 is 6.04 Å². The summed E-state index contributed by atoms with van der Waals surface area (Å²) in [4.78, 5) is 27.6. The average molecular weight is 434 g/mol. The fourth-order valence-electron chi connectivity index (χ4n) is 3.37. The first-order chi connectivity index (χ1) is 15.5. The smallest absolute Gasteiger partial charge is 0.246 e. The van der Waals surface area contributed by atoms with Crippen molar-refractivity contribution < 1.29 is 19.1 Å². The molecular weight excluding hydrogens is 406 g/mol. The van der Waals surface area contributed by atoms with Crippen molar-refractivity contribution in [2.75, 3.05) is 38.4 Å². The predicted molar refractivity (Wildman–Crippen MR) is 125 cm³/mol. The lowest BCUT2D eigenvalue weighted by Crippen LogP contribution is -2.39. The second kappa shape index (κ2) is 11.0. The summed E-state index contributed by atoms with van der Waals surface area (Å²) < 4.78 is 10.4. The maximum absolute atomic E-state index is 13.2. The summed E-state index contributed by atoms with van der Waals surface area (Å²) in [7, 11) is 4.89. The highest BCUT2D eigenvalue weighted by atomic mass is 16.5. The van der Waals surface area contributed by atoms with Crippen LogP contribution in [0.15, 0.2) is 78.9 Å². The van der Waals surface area contributed by atoms with Crippen LogP contribution >= 0.6 is 0 Å². The van der Waals surface area contributed by atoms with E-state index in [0.29, 0.717) is 22.9 Å². The molecule has 7 nitrogen and oxygen atoms in total. The number of benzene rings is 3. The third-order valence-corrected chi connectivity index (χ3v) is 4.89. The summed E-state index contributed by atoms with van der Waals surface area (Å²) >= 11 is 0. The minimum Gasteiger partial charge on any atom is -0.497 e. The summed E-state index contributed by atoms with van der Waals surface area (Å²) in [5, 5.41) is 5.77. The topological polar surface area (TPSA) is 79.9 Å². The van der Waals surface area contributed by atoms with Crippen LogP contribution in [-0.2, 0) is 9.59 Å². The Hall–Kier alpha value is -3.84. The van der Waals surface area contributed by atoms with Gasteiger partial charge in [-0.15, -0.1) is 0 Å². The van der Waals surface area contributed by atoms with Gasteiger partial charge in [-0.3, -0.25) is 14.5 Å². The van der Waals surface area contributed by atoms with E-state index in [1.165, 1.54) is 0 Å². The van der Waals surface area contributed by atoms with Crippen LogP contribution in [0.5, 0.6) is 11.5 Å². The van der Waals surface area contributed by atoms with Crippen LogP contribution in [0, 0.1) is 0 Å². The van der Waals surface area contributed by atoms with Gasteiger partial charge in [-0.05, 0) is 36.9 Å². The zero-order chi connectivity index (χ0) is 22.9. The number of rotatable bonds is 9. The van der Waals surface area contributed by atoms with Gasteiger partial charge in [0.15, 0.2) is 0 Å². The highest BCUT2D eigenvalue weighted by Gasteiger charge is 2.27. The lowest BCUT2D eigenvalue weighted by atomic mass is 10.0. The number of ether oxygens (including phenoxy) is 2. The van der Waals surface area contributed by atoms with E-state index in [1.54, 1.807) is 74.7 Å². The minimum absolute atomic E-state index is 0.0162. The van der Waals surface area contributed by atoms with E-state index >= 15 is 0 Å². The van der Waals surface area contributed by atoms with Gasteiger partial charge in [0.25, 0.3) is 0 Å². The van der Waals surface area contributed by atoms with Crippen LogP contribution in [0.2, 0.25) is 0 Å². The molecule has 0 heterocycles. The molecule has 1 atom stereocenters. The van der Waals surface area contributed by atoms with E-state index in [9.17, 15) is 9.59 Å². The third kappa shape index (κ3) is 6.09. The number of methoxy groups -OCH3 is 2. The third-order valence-electron chi connectivity index (χ3n) is 4.89. The molecule has 1 unspecified atom stereocenters. The summed E-state index contributed by atoms with van der Waals surface area (Å²) in [6.07, 6.45) is 0. The summed E-state index contributed by atoms with van der Waals surface area (Å²) in [5.41, 5.74) is 2.02. The molecule has 7 heteroatoms.